The summed E-state index contributed by atoms with van der Waals surface area (Å²) in [6.07, 6.45) is 13.7. The zero-order valence-electron chi connectivity index (χ0n) is 25.8. The van der Waals surface area contributed by atoms with Crippen molar-refractivity contribution < 1.29 is 13.9 Å². The second-order valence-electron chi connectivity index (χ2n) is 11.7. The summed E-state index contributed by atoms with van der Waals surface area (Å²) in [4.78, 5) is 21.7. The minimum Gasteiger partial charge on any atom is -0.443 e. The number of halogens is 1. The molecule has 2 aliphatic carbocycles. The fourth-order valence-electron chi connectivity index (χ4n) is 5.21. The van der Waals surface area contributed by atoms with Crippen LogP contribution in [0.4, 0.5) is 9.18 Å². The number of benzene rings is 1. The molecule has 1 heterocycles. The number of ether oxygens (including phenoxy) is 1. The highest BCUT2D eigenvalue weighted by atomic mass is 19.1. The molecule has 0 N–H and O–H groups in total. The van der Waals surface area contributed by atoms with Crippen molar-refractivity contribution in [3.8, 4) is 0 Å². The number of nitrogens with zero attached hydrogens (tertiary/aromatic N) is 3. The summed E-state index contributed by atoms with van der Waals surface area (Å²) in [5.74, 6) is 0.527. The number of aliphatic imine (C=N–C) groups is 1. The van der Waals surface area contributed by atoms with Gasteiger partial charge in [0.15, 0.2) is 0 Å². The summed E-state index contributed by atoms with van der Waals surface area (Å²) in [6, 6.07) is 6.88. The molecule has 5 nitrogen and oxygen atoms in total. The molecule has 1 atom stereocenters. The number of allylic oxidation sites excluding steroid dienone is 5. The first-order valence-electron chi connectivity index (χ1n) is 15.2. The van der Waals surface area contributed by atoms with Gasteiger partial charge in [0, 0.05) is 48.9 Å². The van der Waals surface area contributed by atoms with E-state index in [0.29, 0.717) is 12.5 Å². The number of amides is 1. The van der Waals surface area contributed by atoms with Gasteiger partial charge >= 0.3 is 6.09 Å². The average molecular weight is 552 g/mol. The molecule has 0 spiro atoms. The van der Waals surface area contributed by atoms with Crippen LogP contribution in [0.1, 0.15) is 92.6 Å². The normalized spacial score (nSPS) is 21.6. The van der Waals surface area contributed by atoms with Crippen molar-refractivity contribution in [1.29, 1.82) is 0 Å². The molecular formula is C34H50FN3O2. The largest absolute Gasteiger partial charge is 0.443 e. The maximum absolute atomic E-state index is 12.6. The first kappa shape index (κ1) is 31.6. The van der Waals surface area contributed by atoms with Gasteiger partial charge in [-0.05, 0) is 102 Å². The maximum Gasteiger partial charge on any atom is 0.410 e. The van der Waals surface area contributed by atoms with Gasteiger partial charge in [-0.25, -0.2) is 9.18 Å². The summed E-state index contributed by atoms with van der Waals surface area (Å²) >= 11 is 0. The standard InChI is InChI=1S/C25H39N3O2.C9H11F/c1-7-9-14-26-19(4)23(22(8-2)21-10-11-21)20(5)27-15-16-28(18(3)17-27)24(29)30-25(6)12-13-25;1-2-4-8-5-3-6-9(10)7-8/h8-9,14,18,21H,7,10-13,15-17H2,1-6H3;3,5-7H,2,4H2,1H3/b14-9+,22-8-,23-20-,26-19+;. The Hall–Kier alpha value is -2.89. The molecule has 0 bridgehead atoms. The number of rotatable bonds is 9. The zero-order chi connectivity index (χ0) is 29.3. The fourth-order valence-corrected chi connectivity index (χ4v) is 5.21. The lowest BCUT2D eigenvalue weighted by Crippen LogP contribution is -2.54. The monoisotopic (exact) mass is 551 g/mol. The Morgan fingerprint density at radius 1 is 1.20 bits per heavy atom. The van der Waals surface area contributed by atoms with Gasteiger partial charge in [-0.2, -0.15) is 0 Å². The molecule has 0 aromatic heterocycles. The van der Waals surface area contributed by atoms with E-state index in [-0.39, 0.29) is 23.6 Å². The lowest BCUT2D eigenvalue weighted by molar-refractivity contribution is 0.0302. The molecule has 2 saturated carbocycles. The molecule has 1 saturated heterocycles. The van der Waals surface area contributed by atoms with Gasteiger partial charge in [0.2, 0.25) is 0 Å². The Labute approximate surface area is 241 Å². The molecule has 3 aliphatic rings. The van der Waals surface area contributed by atoms with E-state index in [1.54, 1.807) is 12.1 Å². The predicted molar refractivity (Wildman–Crippen MR) is 164 cm³/mol. The average Bonchev–Trinajstić information content (AvgIpc) is 3.85. The zero-order valence-corrected chi connectivity index (χ0v) is 25.8. The maximum atomic E-state index is 12.6. The third-order valence-electron chi connectivity index (χ3n) is 8.00. The Kier molecular flexibility index (Phi) is 11.6. The van der Waals surface area contributed by atoms with Gasteiger partial charge in [0.05, 0.1) is 0 Å². The van der Waals surface area contributed by atoms with E-state index in [1.807, 2.05) is 24.1 Å². The topological polar surface area (TPSA) is 45.1 Å². The Morgan fingerprint density at radius 3 is 2.48 bits per heavy atom. The van der Waals surface area contributed by atoms with Crippen LogP contribution in [-0.4, -0.2) is 52.9 Å². The van der Waals surface area contributed by atoms with Gasteiger partial charge in [0.1, 0.15) is 11.4 Å². The van der Waals surface area contributed by atoms with E-state index in [0.717, 1.165) is 56.5 Å². The number of hydrogen-bond donors (Lipinski definition) is 0. The van der Waals surface area contributed by atoms with Gasteiger partial charge in [-0.1, -0.05) is 44.6 Å². The highest BCUT2D eigenvalue weighted by Crippen LogP contribution is 2.42. The fraction of sp³-hybridized carbons (Fsp3) is 0.588. The van der Waals surface area contributed by atoms with Gasteiger partial charge in [0.25, 0.3) is 0 Å². The van der Waals surface area contributed by atoms with Crippen molar-refractivity contribution in [3.63, 3.8) is 0 Å². The second kappa shape index (κ2) is 14.7. The van der Waals surface area contributed by atoms with Gasteiger partial charge < -0.3 is 14.5 Å². The SMILES string of the molecule is CCCc1cccc(F)c1.C\C=C(C(/C(C)=N/C=C/CC)=C(/C)N1CCN(C(=O)OC2(C)CC2)C(C)C1)\C1CC1. The highest BCUT2D eigenvalue weighted by molar-refractivity contribution is 6.03. The number of piperazine rings is 1. The van der Waals surface area contributed by atoms with E-state index >= 15 is 0 Å². The van der Waals surface area contributed by atoms with Crippen LogP contribution in [0.25, 0.3) is 0 Å². The van der Waals surface area contributed by atoms with Crippen molar-refractivity contribution in [1.82, 2.24) is 9.80 Å². The number of carbonyl (C=O) groups excluding carboxylic acids is 1. The van der Waals surface area contributed by atoms with Gasteiger partial charge in [-0.15, -0.1) is 0 Å². The molecule has 1 aliphatic heterocycles. The van der Waals surface area contributed by atoms with E-state index in [9.17, 15) is 9.18 Å². The van der Waals surface area contributed by atoms with Crippen LogP contribution >= 0.6 is 0 Å². The molecule has 4 rings (SSSR count). The van der Waals surface area contributed by atoms with Crippen molar-refractivity contribution in [2.75, 3.05) is 19.6 Å². The van der Waals surface area contributed by atoms with Crippen LogP contribution in [-0.2, 0) is 11.2 Å². The molecule has 40 heavy (non-hydrogen) atoms. The van der Waals surface area contributed by atoms with Crippen molar-refractivity contribution >= 4 is 11.8 Å². The smallest absolute Gasteiger partial charge is 0.410 e. The lowest BCUT2D eigenvalue weighted by atomic mass is 9.94. The molecular weight excluding hydrogens is 501 g/mol. The number of carbonyl (C=O) groups is 1. The summed E-state index contributed by atoms with van der Waals surface area (Å²) in [5, 5.41) is 0. The minimum atomic E-state index is -0.221. The van der Waals surface area contributed by atoms with Crippen LogP contribution in [0.2, 0.25) is 0 Å². The van der Waals surface area contributed by atoms with E-state index in [4.69, 9.17) is 9.73 Å². The Balaban J connectivity index is 0.000000371. The molecule has 1 unspecified atom stereocenters. The van der Waals surface area contributed by atoms with Gasteiger partial charge in [-0.3, -0.25) is 4.99 Å². The Bertz CT molecular complexity index is 1130. The van der Waals surface area contributed by atoms with Crippen molar-refractivity contribution in [3.05, 3.63) is 70.8 Å². The van der Waals surface area contributed by atoms with E-state index < -0.39 is 0 Å². The van der Waals surface area contributed by atoms with Crippen LogP contribution in [0.5, 0.6) is 0 Å². The second-order valence-corrected chi connectivity index (χ2v) is 11.7. The third-order valence-corrected chi connectivity index (χ3v) is 8.00. The summed E-state index contributed by atoms with van der Waals surface area (Å²) in [6.45, 7) is 17.2. The van der Waals surface area contributed by atoms with E-state index in [2.05, 4.69) is 58.6 Å². The minimum absolute atomic E-state index is 0.122. The third kappa shape index (κ3) is 9.07. The quantitative estimate of drug-likeness (QED) is 0.228. The summed E-state index contributed by atoms with van der Waals surface area (Å²) < 4.78 is 18.2. The molecule has 1 amide bonds. The molecule has 1 aromatic rings. The van der Waals surface area contributed by atoms with E-state index in [1.165, 1.54) is 35.8 Å². The molecule has 220 valence electrons. The summed E-state index contributed by atoms with van der Waals surface area (Å²) in [5.41, 5.74) is 5.93. The number of aryl methyl sites for hydroxylation is 1. The molecule has 3 fully saturated rings. The first-order valence-corrected chi connectivity index (χ1v) is 15.2. The predicted octanol–water partition coefficient (Wildman–Crippen LogP) is 8.47. The molecule has 0 radical (unpaired) electrons. The van der Waals surface area contributed by atoms with Crippen molar-refractivity contribution in [2.24, 2.45) is 10.9 Å². The molecule has 1 aromatic carbocycles. The lowest BCUT2D eigenvalue weighted by Gasteiger charge is -2.41. The van der Waals surface area contributed by atoms with Crippen LogP contribution in [0.15, 0.2) is 64.5 Å². The number of hydrogen-bond acceptors (Lipinski definition) is 4. The van der Waals surface area contributed by atoms with Crippen molar-refractivity contribution in [2.45, 2.75) is 105 Å². The first-order chi connectivity index (χ1) is 19.1. The molecule has 6 heteroatoms. The van der Waals surface area contributed by atoms with Crippen LogP contribution in [0, 0.1) is 11.7 Å². The van der Waals surface area contributed by atoms with Crippen LogP contribution in [0.3, 0.4) is 0 Å². The highest BCUT2D eigenvalue weighted by Gasteiger charge is 2.43. The summed E-state index contributed by atoms with van der Waals surface area (Å²) in [7, 11) is 0. The van der Waals surface area contributed by atoms with Crippen LogP contribution < -0.4 is 0 Å². The Morgan fingerprint density at radius 2 is 1.93 bits per heavy atom.